The second kappa shape index (κ2) is 6.74. The van der Waals surface area contributed by atoms with Gasteiger partial charge in [-0.25, -0.2) is 4.98 Å². The van der Waals surface area contributed by atoms with Crippen molar-refractivity contribution in [1.29, 1.82) is 0 Å². The lowest BCUT2D eigenvalue weighted by Crippen LogP contribution is -2.59. The van der Waals surface area contributed by atoms with Crippen LogP contribution >= 0.6 is 0 Å². The van der Waals surface area contributed by atoms with Crippen molar-refractivity contribution in [2.75, 3.05) is 6.54 Å². The average molecular weight is 375 g/mol. The highest BCUT2D eigenvalue weighted by atomic mass is 16.3. The van der Waals surface area contributed by atoms with Crippen molar-refractivity contribution in [1.82, 2.24) is 14.3 Å². The topological polar surface area (TPSA) is 57.8 Å². The van der Waals surface area contributed by atoms with Gasteiger partial charge in [-0.05, 0) is 37.0 Å². The van der Waals surface area contributed by atoms with Crippen LogP contribution in [-0.4, -0.2) is 37.9 Å². The van der Waals surface area contributed by atoms with E-state index in [2.05, 4.69) is 4.98 Å². The number of aliphatic hydroxyl groups is 1. The van der Waals surface area contributed by atoms with Crippen molar-refractivity contribution in [3.05, 3.63) is 72.2 Å². The molecule has 1 aromatic carbocycles. The van der Waals surface area contributed by atoms with E-state index in [1.807, 2.05) is 70.2 Å². The van der Waals surface area contributed by atoms with Gasteiger partial charge in [-0.3, -0.25) is 4.79 Å². The maximum atomic E-state index is 13.3. The predicted molar refractivity (Wildman–Crippen MR) is 107 cm³/mol. The molecule has 5 heteroatoms. The average Bonchev–Trinajstić information content (AvgIpc) is 3.19. The number of nitrogens with zero attached hydrogens (tertiary/aromatic N) is 3. The molecule has 1 aliphatic heterocycles. The van der Waals surface area contributed by atoms with Gasteiger partial charge < -0.3 is 14.4 Å². The van der Waals surface area contributed by atoms with Gasteiger partial charge in [-0.2, -0.15) is 0 Å². The van der Waals surface area contributed by atoms with Gasteiger partial charge in [-0.15, -0.1) is 0 Å². The number of aromatic nitrogens is 2. The van der Waals surface area contributed by atoms with Crippen molar-refractivity contribution >= 4 is 11.6 Å². The van der Waals surface area contributed by atoms with Gasteiger partial charge in [0.1, 0.15) is 11.3 Å². The normalized spacial score (nSPS) is 27.5. The number of amides is 1. The van der Waals surface area contributed by atoms with E-state index in [4.69, 9.17) is 0 Å². The molecule has 0 spiro atoms. The number of rotatable bonds is 2. The summed E-state index contributed by atoms with van der Waals surface area (Å²) < 4.78 is 1.88. The summed E-state index contributed by atoms with van der Waals surface area (Å²) >= 11 is 0. The molecule has 1 amide bonds. The lowest BCUT2D eigenvalue weighted by atomic mass is 9.66. The van der Waals surface area contributed by atoms with Gasteiger partial charge in [-0.1, -0.05) is 49.2 Å². The third-order valence-corrected chi connectivity index (χ3v) is 6.59. The summed E-state index contributed by atoms with van der Waals surface area (Å²) in [6.45, 7) is 0.555. The molecule has 1 aliphatic carbocycles. The van der Waals surface area contributed by atoms with Crippen molar-refractivity contribution in [2.45, 2.75) is 43.7 Å². The first-order valence-corrected chi connectivity index (χ1v) is 10.2. The molecule has 3 aromatic rings. The Kier molecular flexibility index (Phi) is 4.20. The van der Waals surface area contributed by atoms with Crippen LogP contribution in [0.3, 0.4) is 0 Å². The Morgan fingerprint density at radius 3 is 2.68 bits per heavy atom. The molecule has 2 aliphatic rings. The fourth-order valence-corrected chi connectivity index (χ4v) is 5.21. The van der Waals surface area contributed by atoms with E-state index in [1.54, 1.807) is 0 Å². The summed E-state index contributed by atoms with van der Waals surface area (Å²) in [5.74, 6) is 0.0501. The van der Waals surface area contributed by atoms with Crippen molar-refractivity contribution in [3.63, 3.8) is 0 Å². The number of piperidine rings is 1. The number of carbonyl (C=O) groups excluding carboxylic acids is 1. The molecule has 1 saturated carbocycles. The third-order valence-electron chi connectivity index (χ3n) is 6.59. The maximum Gasteiger partial charge on any atom is 0.274 e. The zero-order chi connectivity index (χ0) is 19.1. The third kappa shape index (κ3) is 2.73. The van der Waals surface area contributed by atoms with E-state index in [1.165, 1.54) is 0 Å². The fourth-order valence-electron chi connectivity index (χ4n) is 5.21. The van der Waals surface area contributed by atoms with Gasteiger partial charge >= 0.3 is 0 Å². The first-order valence-electron chi connectivity index (χ1n) is 10.2. The van der Waals surface area contributed by atoms with E-state index in [9.17, 15) is 9.90 Å². The minimum atomic E-state index is -0.859. The highest BCUT2D eigenvalue weighted by molar-refractivity contribution is 5.93. The van der Waals surface area contributed by atoms with Crippen LogP contribution in [0, 0.1) is 5.92 Å². The van der Waals surface area contributed by atoms with E-state index >= 15 is 0 Å². The molecular weight excluding hydrogens is 350 g/mol. The van der Waals surface area contributed by atoms with E-state index in [-0.39, 0.29) is 17.9 Å². The number of pyridine rings is 1. The molecule has 28 heavy (non-hydrogen) atoms. The molecule has 2 aromatic heterocycles. The quantitative estimate of drug-likeness (QED) is 0.744. The van der Waals surface area contributed by atoms with E-state index in [0.29, 0.717) is 18.7 Å². The Bertz CT molecular complexity index is 966. The summed E-state index contributed by atoms with van der Waals surface area (Å²) in [6, 6.07) is 15.8. The van der Waals surface area contributed by atoms with Crippen LogP contribution in [0.4, 0.5) is 0 Å². The number of hydrogen-bond acceptors (Lipinski definition) is 3. The second-order valence-corrected chi connectivity index (χ2v) is 8.09. The summed E-state index contributed by atoms with van der Waals surface area (Å²) in [7, 11) is 0. The van der Waals surface area contributed by atoms with Crippen LogP contribution < -0.4 is 0 Å². The van der Waals surface area contributed by atoms with Gasteiger partial charge in [0.15, 0.2) is 0 Å². The first-order chi connectivity index (χ1) is 13.7. The molecule has 2 fully saturated rings. The maximum absolute atomic E-state index is 13.3. The number of imidazole rings is 1. The highest BCUT2D eigenvalue weighted by Crippen LogP contribution is 2.47. The summed E-state index contributed by atoms with van der Waals surface area (Å²) in [6.07, 6.45) is 8.38. The van der Waals surface area contributed by atoms with Crippen molar-refractivity contribution in [3.8, 4) is 0 Å². The molecule has 1 saturated heterocycles. The molecule has 3 atom stereocenters. The Balaban J connectivity index is 1.48. The zero-order valence-corrected chi connectivity index (χ0v) is 15.9. The Labute approximate surface area is 164 Å². The van der Waals surface area contributed by atoms with E-state index in [0.717, 1.165) is 36.9 Å². The lowest BCUT2D eigenvalue weighted by Gasteiger charge is -2.52. The Morgan fingerprint density at radius 2 is 1.86 bits per heavy atom. The zero-order valence-electron chi connectivity index (χ0n) is 15.9. The van der Waals surface area contributed by atoms with Gasteiger partial charge in [0, 0.05) is 30.9 Å². The predicted octanol–water partition coefficient (Wildman–Crippen LogP) is 3.63. The molecule has 0 radical (unpaired) electrons. The molecule has 1 unspecified atom stereocenters. The van der Waals surface area contributed by atoms with Crippen LogP contribution in [0.2, 0.25) is 0 Å². The first kappa shape index (κ1) is 17.4. The monoisotopic (exact) mass is 375 g/mol. The minimum Gasteiger partial charge on any atom is -0.385 e. The van der Waals surface area contributed by atoms with Crippen LogP contribution in [0.15, 0.2) is 60.9 Å². The lowest BCUT2D eigenvalue weighted by molar-refractivity contribution is -0.110. The SMILES string of the molecule is O=C(c1cn2ccccc2n1)N1CCC(O)(c2ccccc2)[C@H]2CCCC[C@@H]21. The number of carbonyl (C=O) groups is 1. The van der Waals surface area contributed by atoms with Crippen molar-refractivity contribution in [2.24, 2.45) is 5.92 Å². The fraction of sp³-hybridized carbons (Fsp3) is 0.391. The second-order valence-electron chi connectivity index (χ2n) is 8.09. The van der Waals surface area contributed by atoms with Crippen LogP contribution in [-0.2, 0) is 5.60 Å². The highest BCUT2D eigenvalue weighted by Gasteiger charge is 2.50. The molecule has 1 N–H and O–H groups in total. The Hall–Kier alpha value is -2.66. The van der Waals surface area contributed by atoms with Gasteiger partial charge in [0.25, 0.3) is 5.91 Å². The van der Waals surface area contributed by atoms with Crippen LogP contribution in [0.5, 0.6) is 0 Å². The minimum absolute atomic E-state index is 0.0179. The summed E-state index contributed by atoms with van der Waals surface area (Å²) in [5, 5.41) is 11.7. The molecule has 3 heterocycles. The molecule has 144 valence electrons. The van der Waals surface area contributed by atoms with Gasteiger partial charge in [0.05, 0.1) is 5.60 Å². The molecular formula is C23H25N3O2. The summed E-state index contributed by atoms with van der Waals surface area (Å²) in [5.41, 5.74) is 1.39. The van der Waals surface area contributed by atoms with E-state index < -0.39 is 5.60 Å². The number of likely N-dealkylation sites (tertiary alicyclic amines) is 1. The smallest absolute Gasteiger partial charge is 0.274 e. The Morgan fingerprint density at radius 1 is 1.07 bits per heavy atom. The largest absolute Gasteiger partial charge is 0.385 e. The van der Waals surface area contributed by atoms with Crippen LogP contribution in [0.25, 0.3) is 5.65 Å². The van der Waals surface area contributed by atoms with Gasteiger partial charge in [0.2, 0.25) is 0 Å². The van der Waals surface area contributed by atoms with Crippen LogP contribution in [0.1, 0.15) is 48.2 Å². The van der Waals surface area contributed by atoms with Crippen molar-refractivity contribution < 1.29 is 9.90 Å². The number of hydrogen-bond donors (Lipinski definition) is 1. The standard InChI is InChI=1S/C23H25N3O2/c27-22(19-16-25-14-7-6-12-21(25)24-19)26-15-13-23(28,17-8-2-1-3-9-17)18-10-4-5-11-20(18)26/h1-3,6-9,12,14,16,18,20,28H,4-5,10-11,13,15H2/t18-,20-,23?/m0/s1. The number of benzene rings is 1. The molecule has 5 nitrogen and oxygen atoms in total. The molecule has 0 bridgehead atoms. The molecule has 5 rings (SSSR count). The number of fused-ring (bicyclic) bond motifs is 2. The summed E-state index contributed by atoms with van der Waals surface area (Å²) in [4.78, 5) is 19.8.